The zero-order valence-corrected chi connectivity index (χ0v) is 13.6. The third kappa shape index (κ3) is 6.10. The molecule has 0 saturated carbocycles. The maximum atomic E-state index is 12.1. The summed E-state index contributed by atoms with van der Waals surface area (Å²) in [6.07, 6.45) is 0.0566. The van der Waals surface area contributed by atoms with Gasteiger partial charge in [-0.25, -0.2) is 0 Å². The predicted octanol–water partition coefficient (Wildman–Crippen LogP) is 1.79. The summed E-state index contributed by atoms with van der Waals surface area (Å²) in [5.74, 6) is -3.84. The molecule has 0 fully saturated rings. The van der Waals surface area contributed by atoms with Gasteiger partial charge in [0.15, 0.2) is 0 Å². The highest BCUT2D eigenvalue weighted by Gasteiger charge is 2.26. The summed E-state index contributed by atoms with van der Waals surface area (Å²) in [6.45, 7) is -0.272. The summed E-state index contributed by atoms with van der Waals surface area (Å²) in [4.78, 5) is 35.1. The third-order valence-electron chi connectivity index (χ3n) is 3.55. The minimum absolute atomic E-state index is 0.0566. The molecule has 0 aliphatic carbocycles. The number of amides is 1. The first-order valence-corrected chi connectivity index (χ1v) is 7.80. The van der Waals surface area contributed by atoms with E-state index in [1.165, 1.54) is 0 Å². The first kappa shape index (κ1) is 18.2. The summed E-state index contributed by atoms with van der Waals surface area (Å²) in [5, 5.41) is 11.6. The van der Waals surface area contributed by atoms with E-state index in [4.69, 9.17) is 4.74 Å². The van der Waals surface area contributed by atoms with Crippen molar-refractivity contribution >= 4 is 17.8 Å². The van der Waals surface area contributed by atoms with Gasteiger partial charge in [0, 0.05) is 0 Å². The Morgan fingerprint density at radius 2 is 1.48 bits per heavy atom. The highest BCUT2D eigenvalue weighted by molar-refractivity contribution is 5.98. The average molecular weight is 341 g/mol. The lowest BCUT2D eigenvalue weighted by molar-refractivity contribution is -0.150. The Bertz CT molecular complexity index is 715. The monoisotopic (exact) mass is 341 g/mol. The van der Waals surface area contributed by atoms with Crippen molar-refractivity contribution in [1.29, 1.82) is 0 Å². The van der Waals surface area contributed by atoms with Crippen LogP contribution in [-0.2, 0) is 32.1 Å². The smallest absolute Gasteiger partial charge is 0.325 e. The van der Waals surface area contributed by atoms with Gasteiger partial charge < -0.3 is 15.2 Å². The van der Waals surface area contributed by atoms with Crippen molar-refractivity contribution in [3.63, 3.8) is 0 Å². The van der Waals surface area contributed by atoms with E-state index in [1.807, 2.05) is 36.4 Å². The standard InChI is InChI=1S/C19H19NO5/c21-17(25-13-15-9-5-2-6-10-15)12-20-18(22)16(19(23)24)11-14-7-3-1-4-8-14/h1-10,16H,11-13H2,(H,20,22)(H,23,24). The third-order valence-corrected chi connectivity index (χ3v) is 3.55. The van der Waals surface area contributed by atoms with Crippen LogP contribution in [0, 0.1) is 5.92 Å². The second-order valence-corrected chi connectivity index (χ2v) is 5.44. The van der Waals surface area contributed by atoms with Gasteiger partial charge in [0.05, 0.1) is 0 Å². The predicted molar refractivity (Wildman–Crippen MR) is 90.5 cm³/mol. The molecule has 0 aliphatic heterocycles. The summed E-state index contributed by atoms with van der Waals surface area (Å²) in [5.41, 5.74) is 1.56. The maximum Gasteiger partial charge on any atom is 0.325 e. The molecule has 1 unspecified atom stereocenters. The highest BCUT2D eigenvalue weighted by Crippen LogP contribution is 2.09. The van der Waals surface area contributed by atoms with Gasteiger partial charge in [0.2, 0.25) is 5.91 Å². The van der Waals surface area contributed by atoms with Crippen LogP contribution in [0.2, 0.25) is 0 Å². The first-order chi connectivity index (χ1) is 12.1. The van der Waals surface area contributed by atoms with Crippen LogP contribution in [0.1, 0.15) is 11.1 Å². The van der Waals surface area contributed by atoms with Crippen LogP contribution in [0.4, 0.5) is 0 Å². The lowest BCUT2D eigenvalue weighted by Gasteiger charge is -2.13. The van der Waals surface area contributed by atoms with Crippen molar-refractivity contribution < 1.29 is 24.2 Å². The maximum absolute atomic E-state index is 12.1. The molecule has 0 aromatic heterocycles. The zero-order chi connectivity index (χ0) is 18.1. The number of hydrogen-bond donors (Lipinski definition) is 2. The van der Waals surface area contributed by atoms with E-state index in [1.54, 1.807) is 24.3 Å². The Balaban J connectivity index is 1.82. The van der Waals surface area contributed by atoms with Crippen LogP contribution in [0.3, 0.4) is 0 Å². The van der Waals surface area contributed by atoms with Crippen LogP contribution in [-0.4, -0.2) is 29.5 Å². The van der Waals surface area contributed by atoms with Crippen molar-refractivity contribution in [3.8, 4) is 0 Å². The number of carboxylic acids is 1. The molecule has 25 heavy (non-hydrogen) atoms. The fourth-order valence-corrected chi connectivity index (χ4v) is 2.21. The van der Waals surface area contributed by atoms with Crippen molar-refractivity contribution in [1.82, 2.24) is 5.32 Å². The molecule has 2 aromatic carbocycles. The second kappa shape index (κ2) is 9.22. The van der Waals surface area contributed by atoms with Gasteiger partial charge in [-0.1, -0.05) is 60.7 Å². The summed E-state index contributed by atoms with van der Waals surface area (Å²) in [7, 11) is 0. The summed E-state index contributed by atoms with van der Waals surface area (Å²) in [6, 6.07) is 18.0. The minimum atomic E-state index is -1.26. The molecule has 0 bridgehead atoms. The summed E-state index contributed by atoms with van der Waals surface area (Å²) >= 11 is 0. The first-order valence-electron chi connectivity index (χ1n) is 7.80. The van der Waals surface area contributed by atoms with Crippen LogP contribution in [0.5, 0.6) is 0 Å². The molecule has 2 aromatic rings. The fraction of sp³-hybridized carbons (Fsp3) is 0.211. The highest BCUT2D eigenvalue weighted by atomic mass is 16.5. The molecule has 130 valence electrons. The van der Waals surface area contributed by atoms with Gasteiger partial charge >= 0.3 is 11.9 Å². The molecule has 2 rings (SSSR count). The Morgan fingerprint density at radius 3 is 2.04 bits per heavy atom. The fourth-order valence-electron chi connectivity index (χ4n) is 2.21. The number of hydrogen-bond acceptors (Lipinski definition) is 4. The molecule has 0 radical (unpaired) electrons. The topological polar surface area (TPSA) is 92.7 Å². The number of rotatable bonds is 8. The lowest BCUT2D eigenvalue weighted by Crippen LogP contribution is -2.39. The largest absolute Gasteiger partial charge is 0.481 e. The van der Waals surface area contributed by atoms with E-state index in [9.17, 15) is 19.5 Å². The van der Waals surface area contributed by atoms with Crippen molar-refractivity contribution in [2.45, 2.75) is 13.0 Å². The molecule has 6 nitrogen and oxygen atoms in total. The molecular weight excluding hydrogens is 322 g/mol. The van der Waals surface area contributed by atoms with E-state index in [-0.39, 0.29) is 19.6 Å². The zero-order valence-electron chi connectivity index (χ0n) is 13.6. The number of carbonyl (C=O) groups is 3. The number of aliphatic carboxylic acids is 1. The van der Waals surface area contributed by atoms with Gasteiger partial charge in [0.25, 0.3) is 0 Å². The molecule has 0 spiro atoms. The second-order valence-electron chi connectivity index (χ2n) is 5.44. The average Bonchev–Trinajstić information content (AvgIpc) is 2.64. The van der Waals surface area contributed by atoms with Gasteiger partial charge in [-0.05, 0) is 17.5 Å². The van der Waals surface area contributed by atoms with Gasteiger partial charge in [0.1, 0.15) is 19.1 Å². The molecule has 1 atom stereocenters. The molecule has 0 heterocycles. The van der Waals surface area contributed by atoms with Crippen LogP contribution < -0.4 is 5.32 Å². The molecule has 0 saturated heterocycles. The Hall–Kier alpha value is -3.15. The van der Waals surface area contributed by atoms with Gasteiger partial charge in [-0.2, -0.15) is 0 Å². The van der Waals surface area contributed by atoms with Gasteiger partial charge in [-0.3, -0.25) is 14.4 Å². The lowest BCUT2D eigenvalue weighted by atomic mass is 9.98. The number of carbonyl (C=O) groups excluding carboxylic acids is 2. The molecular formula is C19H19NO5. The number of carboxylic acid groups (broad SMARTS) is 1. The van der Waals surface area contributed by atoms with Crippen molar-refractivity contribution in [3.05, 3.63) is 71.8 Å². The number of nitrogens with one attached hydrogen (secondary N) is 1. The molecule has 6 heteroatoms. The SMILES string of the molecule is O=C(CNC(=O)C(Cc1ccccc1)C(=O)O)OCc1ccccc1. The van der Waals surface area contributed by atoms with E-state index in [0.29, 0.717) is 0 Å². The quantitative estimate of drug-likeness (QED) is 0.564. The number of esters is 1. The molecule has 2 N–H and O–H groups in total. The van der Waals surface area contributed by atoms with Crippen molar-refractivity contribution in [2.24, 2.45) is 5.92 Å². The summed E-state index contributed by atoms with van der Waals surface area (Å²) < 4.78 is 5.04. The van der Waals surface area contributed by atoms with Crippen LogP contribution in [0.15, 0.2) is 60.7 Å². The van der Waals surface area contributed by atoms with Crippen molar-refractivity contribution in [2.75, 3.05) is 6.54 Å². The Labute approximate surface area is 145 Å². The van der Waals surface area contributed by atoms with E-state index >= 15 is 0 Å². The normalized spacial score (nSPS) is 11.4. The number of benzene rings is 2. The molecule has 1 amide bonds. The van der Waals surface area contributed by atoms with Crippen LogP contribution >= 0.6 is 0 Å². The van der Waals surface area contributed by atoms with Crippen LogP contribution in [0.25, 0.3) is 0 Å². The minimum Gasteiger partial charge on any atom is -0.481 e. The number of ether oxygens (including phenoxy) is 1. The van der Waals surface area contributed by atoms with E-state index in [0.717, 1.165) is 11.1 Å². The van der Waals surface area contributed by atoms with E-state index in [2.05, 4.69) is 5.32 Å². The van der Waals surface area contributed by atoms with E-state index < -0.39 is 23.8 Å². The molecule has 0 aliphatic rings. The Morgan fingerprint density at radius 1 is 0.920 bits per heavy atom. The van der Waals surface area contributed by atoms with Gasteiger partial charge in [-0.15, -0.1) is 0 Å². The Kier molecular flexibility index (Phi) is 6.71.